The fraction of sp³-hybridized carbons (Fsp3) is 0.235. The lowest BCUT2D eigenvalue weighted by atomic mass is 10.1. The molecule has 2 atom stereocenters. The highest BCUT2D eigenvalue weighted by atomic mass is 32.2. The van der Waals surface area contributed by atoms with E-state index >= 15 is 0 Å². The molecule has 0 saturated heterocycles. The lowest BCUT2D eigenvalue weighted by Gasteiger charge is -2.27. The van der Waals surface area contributed by atoms with E-state index < -0.39 is 39.6 Å². The maximum absolute atomic E-state index is 14.9. The third-order valence-corrected chi connectivity index (χ3v) is 4.92. The third kappa shape index (κ3) is 4.67. The number of carbonyl (C=O) groups excluding carboxylic acids is 1. The highest BCUT2D eigenvalue weighted by Crippen LogP contribution is 2.37. The van der Waals surface area contributed by atoms with Crippen LogP contribution in [0.3, 0.4) is 0 Å². The van der Waals surface area contributed by atoms with Crippen LogP contribution in [0.2, 0.25) is 0 Å². The maximum Gasteiger partial charge on any atom is 0.346 e. The summed E-state index contributed by atoms with van der Waals surface area (Å²) in [7, 11) is -2.86. The Kier molecular flexibility index (Phi) is 6.49. The summed E-state index contributed by atoms with van der Waals surface area (Å²) in [6.45, 7) is 1.53. The van der Waals surface area contributed by atoms with E-state index in [4.69, 9.17) is 0 Å². The molecule has 0 aliphatic carbocycles. The van der Waals surface area contributed by atoms with Crippen LogP contribution in [0.25, 0.3) is 0 Å². The number of hydrogen-bond donors (Lipinski definition) is 2. The van der Waals surface area contributed by atoms with Crippen LogP contribution >= 0.6 is 0 Å². The zero-order chi connectivity index (χ0) is 19.3. The van der Waals surface area contributed by atoms with Gasteiger partial charge in [0.2, 0.25) is 5.91 Å². The van der Waals surface area contributed by atoms with Gasteiger partial charge in [-0.25, -0.2) is 18.4 Å². The minimum Gasteiger partial charge on any atom is -0.291 e. The standard InChI is InChI=1S/C17H16F4N2O2S/c1-2-15(24)22-23-16(11-3-5-12(18)6-4-11)17(20,21)26(25)14-9-7-13(19)8-10-14/h3-10,16,23H,2H2,1H3,(H,22,24)/t16-,26+/m0/s1. The molecule has 2 aromatic carbocycles. The Morgan fingerprint density at radius 1 is 1.04 bits per heavy atom. The first-order valence-corrected chi connectivity index (χ1v) is 8.75. The summed E-state index contributed by atoms with van der Waals surface area (Å²) in [5, 5.41) is -3.89. The van der Waals surface area contributed by atoms with E-state index in [2.05, 4.69) is 10.9 Å². The first-order chi connectivity index (χ1) is 12.3. The van der Waals surface area contributed by atoms with E-state index in [9.17, 15) is 26.6 Å². The van der Waals surface area contributed by atoms with Gasteiger partial charge in [0.05, 0.1) is 0 Å². The minimum absolute atomic E-state index is 0.0375. The van der Waals surface area contributed by atoms with Gasteiger partial charge in [-0.2, -0.15) is 8.78 Å². The van der Waals surface area contributed by atoms with Gasteiger partial charge in [0.1, 0.15) is 28.5 Å². The third-order valence-electron chi connectivity index (χ3n) is 3.49. The zero-order valence-corrected chi connectivity index (χ0v) is 14.5. The van der Waals surface area contributed by atoms with Crippen LogP contribution in [0.5, 0.6) is 0 Å². The summed E-state index contributed by atoms with van der Waals surface area (Å²) < 4.78 is 68.3. The molecule has 4 nitrogen and oxygen atoms in total. The molecule has 26 heavy (non-hydrogen) atoms. The summed E-state index contributed by atoms with van der Waals surface area (Å²) in [5.74, 6) is -1.84. The lowest BCUT2D eigenvalue weighted by molar-refractivity contribution is -0.122. The van der Waals surface area contributed by atoms with Crippen LogP contribution in [0.4, 0.5) is 17.6 Å². The van der Waals surface area contributed by atoms with Crippen molar-refractivity contribution in [2.45, 2.75) is 29.5 Å². The van der Waals surface area contributed by atoms with Gasteiger partial charge < -0.3 is 0 Å². The number of rotatable bonds is 7. The zero-order valence-electron chi connectivity index (χ0n) is 13.6. The van der Waals surface area contributed by atoms with E-state index in [1.165, 1.54) is 6.92 Å². The molecular formula is C17H16F4N2O2S. The first kappa shape index (κ1) is 20.1. The molecule has 0 aliphatic heterocycles. The number of halogens is 4. The van der Waals surface area contributed by atoms with Crippen LogP contribution in [0.1, 0.15) is 24.9 Å². The molecule has 2 rings (SSSR count). The Morgan fingerprint density at radius 3 is 2.04 bits per heavy atom. The fourth-order valence-corrected chi connectivity index (χ4v) is 3.19. The molecule has 0 radical (unpaired) electrons. The second kappa shape index (κ2) is 8.41. The van der Waals surface area contributed by atoms with Gasteiger partial charge in [-0.15, -0.1) is 0 Å². The van der Waals surface area contributed by atoms with Crippen molar-refractivity contribution in [3.8, 4) is 0 Å². The van der Waals surface area contributed by atoms with Gasteiger partial charge >= 0.3 is 5.25 Å². The van der Waals surface area contributed by atoms with Crippen molar-refractivity contribution in [3.05, 3.63) is 65.7 Å². The summed E-state index contributed by atoms with van der Waals surface area (Å²) >= 11 is 0. The molecule has 0 aliphatic rings. The monoisotopic (exact) mass is 388 g/mol. The number of benzene rings is 2. The van der Waals surface area contributed by atoms with Crippen LogP contribution in [-0.2, 0) is 15.6 Å². The average molecular weight is 388 g/mol. The molecular weight excluding hydrogens is 372 g/mol. The Bertz CT molecular complexity index is 782. The highest BCUT2D eigenvalue weighted by molar-refractivity contribution is 7.86. The van der Waals surface area contributed by atoms with Gasteiger partial charge in [0.25, 0.3) is 0 Å². The summed E-state index contributed by atoms with van der Waals surface area (Å²) in [6.07, 6.45) is 0.0375. The Balaban J connectivity index is 2.37. The molecule has 0 fully saturated rings. The van der Waals surface area contributed by atoms with Gasteiger partial charge in [-0.1, -0.05) is 19.1 Å². The maximum atomic E-state index is 14.9. The van der Waals surface area contributed by atoms with Crippen LogP contribution in [0.15, 0.2) is 53.4 Å². The number of carbonyl (C=O) groups is 1. The van der Waals surface area contributed by atoms with Crippen molar-refractivity contribution >= 4 is 16.7 Å². The fourth-order valence-electron chi connectivity index (χ4n) is 2.08. The number of alkyl halides is 2. The number of amides is 1. The Hall–Kier alpha value is -2.26. The molecule has 9 heteroatoms. The molecule has 0 aromatic heterocycles. The van der Waals surface area contributed by atoms with E-state index in [0.717, 1.165) is 48.5 Å². The molecule has 2 N–H and O–H groups in total. The number of nitrogens with one attached hydrogen (secondary N) is 2. The van der Waals surface area contributed by atoms with Crippen molar-refractivity contribution in [1.29, 1.82) is 0 Å². The summed E-state index contributed by atoms with van der Waals surface area (Å²) in [4.78, 5) is 11.1. The largest absolute Gasteiger partial charge is 0.346 e. The lowest BCUT2D eigenvalue weighted by Crippen LogP contribution is -2.48. The molecule has 0 unspecified atom stereocenters. The van der Waals surface area contributed by atoms with Crippen molar-refractivity contribution in [2.75, 3.05) is 0 Å². The molecule has 1 amide bonds. The molecule has 0 bridgehead atoms. The molecule has 2 aromatic rings. The van der Waals surface area contributed by atoms with Crippen molar-refractivity contribution in [3.63, 3.8) is 0 Å². The van der Waals surface area contributed by atoms with Gasteiger partial charge in [-0.3, -0.25) is 10.2 Å². The van der Waals surface area contributed by atoms with Crippen molar-refractivity contribution in [2.24, 2.45) is 0 Å². The van der Waals surface area contributed by atoms with E-state index in [0.29, 0.717) is 0 Å². The quantitative estimate of drug-likeness (QED) is 0.564. The Morgan fingerprint density at radius 2 is 1.54 bits per heavy atom. The molecule has 0 heterocycles. The molecule has 0 saturated carbocycles. The van der Waals surface area contributed by atoms with Gasteiger partial charge in [-0.05, 0) is 42.0 Å². The van der Waals surface area contributed by atoms with Crippen LogP contribution in [0, 0.1) is 11.6 Å². The first-order valence-electron chi connectivity index (χ1n) is 7.60. The Labute approximate surface area is 150 Å². The SMILES string of the molecule is CCC(=O)NN[C@@H](c1ccc(F)cc1)C(F)(F)[S@](=O)c1ccc(F)cc1. The molecule has 0 spiro atoms. The smallest absolute Gasteiger partial charge is 0.291 e. The number of hydrazine groups is 1. The normalized spacial score (nSPS) is 13.9. The van der Waals surface area contributed by atoms with Crippen molar-refractivity contribution < 1.29 is 26.6 Å². The second-order valence-electron chi connectivity index (χ2n) is 5.32. The predicted molar refractivity (Wildman–Crippen MR) is 88.5 cm³/mol. The summed E-state index contributed by atoms with van der Waals surface area (Å²) in [5.41, 5.74) is 4.20. The topological polar surface area (TPSA) is 58.2 Å². The van der Waals surface area contributed by atoms with Crippen LogP contribution in [-0.4, -0.2) is 15.4 Å². The second-order valence-corrected chi connectivity index (χ2v) is 6.87. The van der Waals surface area contributed by atoms with E-state index in [1.807, 2.05) is 0 Å². The number of hydrogen-bond acceptors (Lipinski definition) is 3. The minimum atomic E-state index is -3.89. The van der Waals surface area contributed by atoms with Gasteiger partial charge in [0.15, 0.2) is 0 Å². The highest BCUT2D eigenvalue weighted by Gasteiger charge is 2.47. The van der Waals surface area contributed by atoms with Gasteiger partial charge in [0, 0.05) is 11.3 Å². The summed E-state index contributed by atoms with van der Waals surface area (Å²) in [6, 6.07) is 6.07. The van der Waals surface area contributed by atoms with E-state index in [1.54, 1.807) is 0 Å². The van der Waals surface area contributed by atoms with Crippen LogP contribution < -0.4 is 10.9 Å². The molecule has 140 valence electrons. The predicted octanol–water partition coefficient (Wildman–Crippen LogP) is 3.44. The van der Waals surface area contributed by atoms with E-state index in [-0.39, 0.29) is 16.9 Å². The average Bonchev–Trinajstić information content (AvgIpc) is 2.63. The van der Waals surface area contributed by atoms with Crippen molar-refractivity contribution in [1.82, 2.24) is 10.9 Å².